The van der Waals surface area contributed by atoms with Gasteiger partial charge in [-0.25, -0.2) is 4.98 Å². The standard InChI is InChI=1S/C23H28N8/c1-15-11-22(29-28-15)26-21-14-20-19(5-3-9-25-20)23(27-21)30(2)18-12-16-6-7-17(13-18)31(16)10-4-8-24/h3,5,9,11,14,16-18H,4,6-7,10,12-13H2,1-2H3,(H2,26,27,28,29)/t16-,17+,18-. The maximum Gasteiger partial charge on any atom is 0.153 e. The van der Waals surface area contributed by atoms with Gasteiger partial charge in [-0.2, -0.15) is 10.4 Å². The van der Waals surface area contributed by atoms with Crippen molar-refractivity contribution in [2.45, 2.75) is 57.2 Å². The van der Waals surface area contributed by atoms with Crippen LogP contribution in [0.5, 0.6) is 0 Å². The summed E-state index contributed by atoms with van der Waals surface area (Å²) in [5, 5.41) is 20.6. The first-order valence-corrected chi connectivity index (χ1v) is 11.0. The summed E-state index contributed by atoms with van der Waals surface area (Å²) >= 11 is 0. The van der Waals surface area contributed by atoms with Gasteiger partial charge in [-0.1, -0.05) is 0 Å². The Morgan fingerprint density at radius 1 is 1.26 bits per heavy atom. The average Bonchev–Trinajstić information content (AvgIpc) is 3.28. The molecule has 2 bridgehead atoms. The summed E-state index contributed by atoms with van der Waals surface area (Å²) in [5.41, 5.74) is 1.92. The van der Waals surface area contributed by atoms with E-state index in [4.69, 9.17) is 10.2 Å². The molecular formula is C23H28N8. The van der Waals surface area contributed by atoms with Gasteiger partial charge < -0.3 is 10.2 Å². The first-order chi connectivity index (χ1) is 15.1. The van der Waals surface area contributed by atoms with Crippen LogP contribution in [0.15, 0.2) is 30.5 Å². The van der Waals surface area contributed by atoms with Crippen molar-refractivity contribution in [3.8, 4) is 6.07 Å². The van der Waals surface area contributed by atoms with Crippen LogP contribution in [0.25, 0.3) is 10.9 Å². The Morgan fingerprint density at radius 2 is 2.06 bits per heavy atom. The number of aromatic amines is 1. The zero-order valence-electron chi connectivity index (χ0n) is 18.0. The van der Waals surface area contributed by atoms with Gasteiger partial charge in [-0.3, -0.25) is 15.0 Å². The topological polar surface area (TPSA) is 96.8 Å². The largest absolute Gasteiger partial charge is 0.356 e. The number of H-pyrrole nitrogens is 1. The number of nitriles is 1. The number of nitrogens with one attached hydrogen (secondary N) is 2. The van der Waals surface area contributed by atoms with Crippen LogP contribution in [-0.2, 0) is 0 Å². The van der Waals surface area contributed by atoms with Crippen LogP contribution in [0.3, 0.4) is 0 Å². The minimum Gasteiger partial charge on any atom is -0.356 e. The lowest BCUT2D eigenvalue weighted by molar-refractivity contribution is 0.129. The summed E-state index contributed by atoms with van der Waals surface area (Å²) in [6.07, 6.45) is 7.12. The second kappa shape index (κ2) is 8.16. The average molecular weight is 417 g/mol. The zero-order valence-corrected chi connectivity index (χ0v) is 18.0. The highest BCUT2D eigenvalue weighted by atomic mass is 15.3. The van der Waals surface area contributed by atoms with E-state index in [1.165, 1.54) is 12.8 Å². The molecule has 2 aliphatic heterocycles. The molecule has 5 heterocycles. The van der Waals surface area contributed by atoms with Crippen molar-refractivity contribution < 1.29 is 0 Å². The second-order valence-corrected chi connectivity index (χ2v) is 8.73. The molecule has 31 heavy (non-hydrogen) atoms. The predicted molar refractivity (Wildman–Crippen MR) is 121 cm³/mol. The van der Waals surface area contributed by atoms with Crippen molar-refractivity contribution in [2.24, 2.45) is 0 Å². The zero-order chi connectivity index (χ0) is 21.4. The summed E-state index contributed by atoms with van der Waals surface area (Å²) in [6.45, 7) is 2.87. The number of nitrogens with zero attached hydrogens (tertiary/aromatic N) is 6. The molecule has 160 valence electrons. The fourth-order valence-corrected chi connectivity index (χ4v) is 5.28. The molecule has 8 heteroatoms. The molecule has 0 amide bonds. The van der Waals surface area contributed by atoms with Crippen LogP contribution in [-0.4, -0.2) is 56.8 Å². The van der Waals surface area contributed by atoms with Crippen LogP contribution in [0.2, 0.25) is 0 Å². The molecule has 8 nitrogen and oxygen atoms in total. The van der Waals surface area contributed by atoms with E-state index in [0.717, 1.165) is 53.4 Å². The van der Waals surface area contributed by atoms with E-state index in [1.807, 2.05) is 31.3 Å². The van der Waals surface area contributed by atoms with Gasteiger partial charge in [0, 0.05) is 67.5 Å². The summed E-state index contributed by atoms with van der Waals surface area (Å²) in [7, 11) is 2.16. The number of hydrogen-bond donors (Lipinski definition) is 2. The molecule has 0 aliphatic carbocycles. The van der Waals surface area contributed by atoms with Crippen molar-refractivity contribution in [1.82, 2.24) is 25.1 Å². The van der Waals surface area contributed by atoms with E-state index in [1.54, 1.807) is 0 Å². The van der Waals surface area contributed by atoms with Crippen LogP contribution in [0.1, 0.15) is 37.8 Å². The van der Waals surface area contributed by atoms with Gasteiger partial charge in [0.25, 0.3) is 0 Å². The summed E-state index contributed by atoms with van der Waals surface area (Å²) in [4.78, 5) is 14.5. The normalized spacial score (nSPS) is 23.1. The SMILES string of the molecule is Cc1cc(Nc2cc3ncccc3c(N(C)[C@@H]3C[C@H]4CC[C@@H](C3)N4CCC#N)n2)n[nH]1. The van der Waals surface area contributed by atoms with E-state index in [9.17, 15) is 0 Å². The highest BCUT2D eigenvalue weighted by molar-refractivity contribution is 5.92. The number of piperidine rings is 1. The molecule has 0 radical (unpaired) electrons. The van der Waals surface area contributed by atoms with Gasteiger partial charge in [0.15, 0.2) is 5.82 Å². The Balaban J connectivity index is 1.43. The van der Waals surface area contributed by atoms with E-state index >= 15 is 0 Å². The van der Waals surface area contributed by atoms with Gasteiger partial charge in [0.05, 0.1) is 11.6 Å². The molecule has 2 fully saturated rings. The third kappa shape index (κ3) is 3.81. The highest BCUT2D eigenvalue weighted by Gasteiger charge is 2.41. The highest BCUT2D eigenvalue weighted by Crippen LogP contribution is 2.39. The lowest BCUT2D eigenvalue weighted by Gasteiger charge is -2.42. The van der Waals surface area contributed by atoms with E-state index in [2.05, 4.69) is 49.5 Å². The quantitative estimate of drug-likeness (QED) is 0.632. The third-order valence-corrected chi connectivity index (χ3v) is 6.76. The van der Waals surface area contributed by atoms with Gasteiger partial charge in [0.1, 0.15) is 11.6 Å². The van der Waals surface area contributed by atoms with Crippen molar-refractivity contribution in [3.05, 3.63) is 36.2 Å². The van der Waals surface area contributed by atoms with Gasteiger partial charge >= 0.3 is 0 Å². The van der Waals surface area contributed by atoms with Crippen molar-refractivity contribution in [1.29, 1.82) is 5.26 Å². The molecule has 0 spiro atoms. The van der Waals surface area contributed by atoms with Gasteiger partial charge in [-0.15, -0.1) is 0 Å². The van der Waals surface area contributed by atoms with Crippen LogP contribution in [0.4, 0.5) is 17.5 Å². The molecule has 0 saturated carbocycles. The summed E-state index contributed by atoms with van der Waals surface area (Å²) in [5.74, 6) is 2.45. The molecule has 0 aromatic carbocycles. The minimum atomic E-state index is 0.426. The van der Waals surface area contributed by atoms with Crippen LogP contribution < -0.4 is 10.2 Å². The minimum absolute atomic E-state index is 0.426. The van der Waals surface area contributed by atoms with Crippen LogP contribution >= 0.6 is 0 Å². The number of anilines is 3. The molecule has 2 N–H and O–H groups in total. The molecule has 3 atom stereocenters. The Hall–Kier alpha value is -3.18. The Morgan fingerprint density at radius 3 is 2.77 bits per heavy atom. The van der Waals surface area contributed by atoms with Crippen LogP contribution in [0, 0.1) is 18.3 Å². The smallest absolute Gasteiger partial charge is 0.153 e. The Bertz CT molecular complexity index is 1100. The fraction of sp³-hybridized carbons (Fsp3) is 0.478. The maximum atomic E-state index is 9.00. The number of aryl methyl sites for hydroxylation is 1. The van der Waals surface area contributed by atoms with Gasteiger partial charge in [0.2, 0.25) is 0 Å². The number of fused-ring (bicyclic) bond motifs is 3. The monoisotopic (exact) mass is 416 g/mol. The van der Waals surface area contributed by atoms with Crippen molar-refractivity contribution >= 4 is 28.4 Å². The molecular weight excluding hydrogens is 388 g/mol. The number of aromatic nitrogens is 4. The third-order valence-electron chi connectivity index (χ3n) is 6.76. The van der Waals surface area contributed by atoms with Crippen molar-refractivity contribution in [2.75, 3.05) is 23.8 Å². The van der Waals surface area contributed by atoms with Crippen molar-refractivity contribution in [3.63, 3.8) is 0 Å². The Labute approximate surface area is 182 Å². The lowest BCUT2D eigenvalue weighted by atomic mass is 9.95. The predicted octanol–water partition coefficient (Wildman–Crippen LogP) is 3.75. The second-order valence-electron chi connectivity index (χ2n) is 8.73. The first kappa shape index (κ1) is 19.8. The molecule has 2 saturated heterocycles. The van der Waals surface area contributed by atoms with E-state index < -0.39 is 0 Å². The number of rotatable bonds is 6. The molecule has 0 unspecified atom stereocenters. The van der Waals surface area contributed by atoms with E-state index in [-0.39, 0.29) is 0 Å². The summed E-state index contributed by atoms with van der Waals surface area (Å²) < 4.78 is 0. The number of hydrogen-bond acceptors (Lipinski definition) is 7. The molecule has 5 rings (SSSR count). The van der Waals surface area contributed by atoms with E-state index in [0.29, 0.717) is 24.5 Å². The maximum absolute atomic E-state index is 9.00. The van der Waals surface area contributed by atoms with Gasteiger partial charge in [-0.05, 0) is 44.7 Å². The molecule has 2 aliphatic rings. The fourth-order valence-electron chi connectivity index (χ4n) is 5.28. The molecule has 3 aromatic heterocycles. The first-order valence-electron chi connectivity index (χ1n) is 11.0. The number of pyridine rings is 2. The Kier molecular flexibility index (Phi) is 5.20. The molecule has 3 aromatic rings. The summed E-state index contributed by atoms with van der Waals surface area (Å²) in [6, 6.07) is 11.9. The lowest BCUT2D eigenvalue weighted by Crippen LogP contribution is -2.50.